The highest BCUT2D eigenvalue weighted by atomic mass is 32.1. The van der Waals surface area contributed by atoms with Crippen LogP contribution in [0.1, 0.15) is 43.5 Å². The Kier molecular flexibility index (Phi) is 6.87. The SMILES string of the molecule is COc1ccc(OC)c(C(=O)NNC(=S)N[C@@H]2CCC[C@@H](C)[C@H]2C)c1. The van der Waals surface area contributed by atoms with E-state index in [1.807, 2.05) is 0 Å². The second-order valence-corrected chi connectivity index (χ2v) is 6.90. The molecule has 1 aliphatic carbocycles. The molecule has 6 nitrogen and oxygen atoms in total. The Labute approximate surface area is 154 Å². The van der Waals surface area contributed by atoms with E-state index >= 15 is 0 Å². The summed E-state index contributed by atoms with van der Waals surface area (Å²) in [6.07, 6.45) is 3.54. The summed E-state index contributed by atoms with van der Waals surface area (Å²) in [5.74, 6) is 1.92. The number of carbonyl (C=O) groups excluding carboxylic acids is 1. The van der Waals surface area contributed by atoms with Gasteiger partial charge < -0.3 is 14.8 Å². The summed E-state index contributed by atoms with van der Waals surface area (Å²) in [5.41, 5.74) is 5.76. The zero-order chi connectivity index (χ0) is 18.4. The molecule has 25 heavy (non-hydrogen) atoms. The normalized spacial score (nSPS) is 22.6. The zero-order valence-corrected chi connectivity index (χ0v) is 16.0. The number of carbonyl (C=O) groups is 1. The predicted octanol–water partition coefficient (Wildman–Crippen LogP) is 2.64. The van der Waals surface area contributed by atoms with Crippen LogP contribution in [-0.4, -0.2) is 31.3 Å². The third kappa shape index (κ3) is 4.98. The Morgan fingerprint density at radius 2 is 1.92 bits per heavy atom. The van der Waals surface area contributed by atoms with Gasteiger partial charge in [0, 0.05) is 6.04 Å². The number of rotatable bonds is 4. The maximum atomic E-state index is 12.4. The number of hydrogen-bond acceptors (Lipinski definition) is 4. The third-order valence-corrected chi connectivity index (χ3v) is 5.18. The molecule has 0 spiro atoms. The predicted molar refractivity (Wildman–Crippen MR) is 102 cm³/mol. The van der Waals surface area contributed by atoms with Gasteiger partial charge in [0.25, 0.3) is 5.91 Å². The monoisotopic (exact) mass is 365 g/mol. The van der Waals surface area contributed by atoms with Crippen LogP contribution in [0.15, 0.2) is 18.2 Å². The van der Waals surface area contributed by atoms with Crippen molar-refractivity contribution < 1.29 is 14.3 Å². The molecule has 0 saturated heterocycles. The van der Waals surface area contributed by atoms with Crippen molar-refractivity contribution in [3.8, 4) is 11.5 Å². The summed E-state index contributed by atoms with van der Waals surface area (Å²) < 4.78 is 10.4. The maximum Gasteiger partial charge on any atom is 0.273 e. The minimum Gasteiger partial charge on any atom is -0.497 e. The van der Waals surface area contributed by atoms with Crippen molar-refractivity contribution in [2.45, 2.75) is 39.2 Å². The second kappa shape index (κ2) is 8.89. The fraction of sp³-hybridized carbons (Fsp3) is 0.556. The van der Waals surface area contributed by atoms with Crippen molar-refractivity contribution in [1.82, 2.24) is 16.2 Å². The van der Waals surface area contributed by atoms with Crippen LogP contribution in [0, 0.1) is 11.8 Å². The summed E-state index contributed by atoms with van der Waals surface area (Å²) in [4.78, 5) is 12.4. The lowest BCUT2D eigenvalue weighted by molar-refractivity contribution is 0.0939. The minimum absolute atomic E-state index is 0.326. The number of amides is 1. The van der Waals surface area contributed by atoms with E-state index in [0.717, 1.165) is 6.42 Å². The van der Waals surface area contributed by atoms with Crippen LogP contribution in [0.25, 0.3) is 0 Å². The quantitative estimate of drug-likeness (QED) is 0.563. The molecule has 0 aliphatic heterocycles. The fourth-order valence-corrected chi connectivity index (χ4v) is 3.36. The molecular weight excluding hydrogens is 338 g/mol. The van der Waals surface area contributed by atoms with E-state index in [1.54, 1.807) is 25.3 Å². The summed E-state index contributed by atoms with van der Waals surface area (Å²) in [7, 11) is 3.07. The van der Waals surface area contributed by atoms with Gasteiger partial charge in [0.1, 0.15) is 11.5 Å². The molecule has 3 N–H and O–H groups in total. The average molecular weight is 365 g/mol. The number of hydrazine groups is 1. The van der Waals surface area contributed by atoms with Crippen molar-refractivity contribution >= 4 is 23.2 Å². The van der Waals surface area contributed by atoms with Crippen LogP contribution in [0.2, 0.25) is 0 Å². The molecule has 138 valence electrons. The van der Waals surface area contributed by atoms with Crippen LogP contribution in [0.5, 0.6) is 11.5 Å². The first-order valence-corrected chi connectivity index (χ1v) is 8.96. The molecule has 1 saturated carbocycles. The van der Waals surface area contributed by atoms with E-state index in [4.69, 9.17) is 21.7 Å². The average Bonchev–Trinajstić information content (AvgIpc) is 2.63. The van der Waals surface area contributed by atoms with Gasteiger partial charge in [-0.05, 0) is 48.7 Å². The Morgan fingerprint density at radius 1 is 1.16 bits per heavy atom. The van der Waals surface area contributed by atoms with Gasteiger partial charge in [-0.25, -0.2) is 0 Å². The highest BCUT2D eigenvalue weighted by molar-refractivity contribution is 7.80. The fourth-order valence-electron chi connectivity index (χ4n) is 3.16. The van der Waals surface area contributed by atoms with E-state index in [-0.39, 0.29) is 5.91 Å². The molecular formula is C18H27N3O3S. The van der Waals surface area contributed by atoms with Gasteiger partial charge in [-0.2, -0.15) is 0 Å². The molecule has 1 amide bonds. The van der Waals surface area contributed by atoms with Crippen molar-refractivity contribution in [2.75, 3.05) is 14.2 Å². The lowest BCUT2D eigenvalue weighted by Gasteiger charge is -2.35. The number of ether oxygens (including phenoxy) is 2. The van der Waals surface area contributed by atoms with Crippen LogP contribution in [0.4, 0.5) is 0 Å². The highest BCUT2D eigenvalue weighted by Gasteiger charge is 2.27. The first-order valence-electron chi connectivity index (χ1n) is 8.55. The summed E-state index contributed by atoms with van der Waals surface area (Å²) in [6.45, 7) is 4.51. The maximum absolute atomic E-state index is 12.4. The van der Waals surface area contributed by atoms with E-state index in [9.17, 15) is 4.79 Å². The highest BCUT2D eigenvalue weighted by Crippen LogP contribution is 2.29. The van der Waals surface area contributed by atoms with E-state index in [2.05, 4.69) is 30.0 Å². The Bertz CT molecular complexity index is 624. The van der Waals surface area contributed by atoms with E-state index in [0.29, 0.717) is 40.1 Å². The number of methoxy groups -OCH3 is 2. The minimum atomic E-state index is -0.343. The molecule has 1 fully saturated rings. The van der Waals surface area contributed by atoms with Gasteiger partial charge in [0.2, 0.25) is 0 Å². The molecule has 3 atom stereocenters. The molecule has 1 aromatic rings. The number of benzene rings is 1. The van der Waals surface area contributed by atoms with Crippen molar-refractivity contribution in [3.63, 3.8) is 0 Å². The number of nitrogens with one attached hydrogen (secondary N) is 3. The van der Waals surface area contributed by atoms with Gasteiger partial charge in [-0.15, -0.1) is 0 Å². The van der Waals surface area contributed by atoms with Gasteiger partial charge in [0.15, 0.2) is 5.11 Å². The molecule has 0 aromatic heterocycles. The lowest BCUT2D eigenvalue weighted by atomic mass is 9.78. The number of thiocarbonyl (C=S) groups is 1. The van der Waals surface area contributed by atoms with Crippen LogP contribution < -0.4 is 25.6 Å². The van der Waals surface area contributed by atoms with E-state index in [1.165, 1.54) is 20.0 Å². The van der Waals surface area contributed by atoms with Crippen molar-refractivity contribution in [1.29, 1.82) is 0 Å². The van der Waals surface area contributed by atoms with Crippen molar-refractivity contribution in [2.24, 2.45) is 11.8 Å². The smallest absolute Gasteiger partial charge is 0.273 e. The largest absolute Gasteiger partial charge is 0.497 e. The molecule has 2 rings (SSSR count). The van der Waals surface area contributed by atoms with Crippen LogP contribution in [-0.2, 0) is 0 Å². The second-order valence-electron chi connectivity index (χ2n) is 6.49. The first-order chi connectivity index (χ1) is 12.0. The number of hydrogen-bond donors (Lipinski definition) is 3. The summed E-state index contributed by atoms with van der Waals surface area (Å²) in [5, 5.41) is 3.72. The molecule has 0 bridgehead atoms. The molecule has 0 unspecified atom stereocenters. The molecule has 1 aliphatic rings. The summed E-state index contributed by atoms with van der Waals surface area (Å²) in [6, 6.07) is 5.38. The van der Waals surface area contributed by atoms with Gasteiger partial charge in [-0.3, -0.25) is 15.6 Å². The van der Waals surface area contributed by atoms with Gasteiger partial charge >= 0.3 is 0 Å². The van der Waals surface area contributed by atoms with Crippen LogP contribution >= 0.6 is 12.2 Å². The van der Waals surface area contributed by atoms with Crippen molar-refractivity contribution in [3.05, 3.63) is 23.8 Å². The van der Waals surface area contributed by atoms with E-state index < -0.39 is 0 Å². The Hall–Kier alpha value is -2.02. The molecule has 7 heteroatoms. The van der Waals surface area contributed by atoms with Gasteiger partial charge in [-0.1, -0.05) is 26.7 Å². The lowest BCUT2D eigenvalue weighted by Crippen LogP contribution is -2.52. The zero-order valence-electron chi connectivity index (χ0n) is 15.2. The molecule has 0 radical (unpaired) electrons. The third-order valence-electron chi connectivity index (χ3n) is 4.96. The molecule has 1 aromatic carbocycles. The van der Waals surface area contributed by atoms with Crippen LogP contribution in [0.3, 0.4) is 0 Å². The summed E-state index contributed by atoms with van der Waals surface area (Å²) >= 11 is 5.31. The topological polar surface area (TPSA) is 71.6 Å². The Balaban J connectivity index is 1.92. The molecule has 0 heterocycles. The van der Waals surface area contributed by atoms with Gasteiger partial charge in [0.05, 0.1) is 19.8 Å². The first kappa shape index (κ1) is 19.3. The standard InChI is InChI=1S/C18H27N3O3S/c1-11-6-5-7-15(12(11)2)19-18(25)21-20-17(22)14-10-13(23-3)8-9-16(14)24-4/h8-12,15H,5-7H2,1-4H3,(H,20,22)(H2,19,21,25)/t11-,12-,15-/m1/s1. The Morgan fingerprint density at radius 3 is 2.60 bits per heavy atom.